The van der Waals surface area contributed by atoms with E-state index in [0.29, 0.717) is 0 Å². The fourth-order valence-electron chi connectivity index (χ4n) is 9.83. The first-order chi connectivity index (χ1) is 28.4. The molecule has 2 aliphatic carbocycles. The molecule has 2 aliphatic rings. The highest BCUT2D eigenvalue weighted by Gasteiger charge is 2.43. The second kappa shape index (κ2) is 19.8. The summed E-state index contributed by atoms with van der Waals surface area (Å²) in [5.74, 6) is 0. The average Bonchev–Trinajstić information content (AvgIpc) is 3.50. The Kier molecular flexibility index (Phi) is 14.8. The number of hydrogen-bond donors (Lipinski definition) is 1. The van der Waals surface area contributed by atoms with Crippen molar-refractivity contribution < 1.29 is 0 Å². The molecule has 1 nitrogen and oxygen atoms in total. The molecular formula is C58H75N. The van der Waals surface area contributed by atoms with Crippen molar-refractivity contribution in [3.05, 3.63) is 160 Å². The van der Waals surface area contributed by atoms with Crippen LogP contribution < -0.4 is 5.73 Å². The summed E-state index contributed by atoms with van der Waals surface area (Å²) < 4.78 is 0. The van der Waals surface area contributed by atoms with Gasteiger partial charge >= 0.3 is 0 Å². The number of fused-ring (bicyclic) bond motifs is 3. The van der Waals surface area contributed by atoms with Crippen molar-refractivity contribution in [1.29, 1.82) is 0 Å². The van der Waals surface area contributed by atoms with E-state index in [0.717, 1.165) is 28.8 Å². The summed E-state index contributed by atoms with van der Waals surface area (Å²) in [5.41, 5.74) is 24.3. The van der Waals surface area contributed by atoms with Crippen LogP contribution in [0.25, 0.3) is 28.0 Å². The summed E-state index contributed by atoms with van der Waals surface area (Å²) in [6, 6.07) is 36.3. The molecule has 0 aromatic heterocycles. The van der Waals surface area contributed by atoms with Crippen LogP contribution in [0.5, 0.6) is 0 Å². The van der Waals surface area contributed by atoms with Gasteiger partial charge in [-0.25, -0.2) is 0 Å². The molecule has 2 N–H and O–H groups in total. The number of allylic oxidation sites excluding steroid dienone is 7. The molecule has 0 saturated carbocycles. The Hall–Kier alpha value is -4.36. The normalized spacial score (nSPS) is 16.0. The monoisotopic (exact) mass is 786 g/mol. The lowest BCUT2D eigenvalue weighted by molar-refractivity contribution is 0.397. The third-order valence-electron chi connectivity index (χ3n) is 13.3. The van der Waals surface area contributed by atoms with Gasteiger partial charge in [0.1, 0.15) is 0 Å². The van der Waals surface area contributed by atoms with Gasteiger partial charge in [0.15, 0.2) is 0 Å². The molecule has 0 atom stereocenters. The Labute approximate surface area is 360 Å². The van der Waals surface area contributed by atoms with Crippen LogP contribution in [0.2, 0.25) is 0 Å². The first kappa shape index (κ1) is 44.2. The van der Waals surface area contributed by atoms with E-state index in [2.05, 4.69) is 171 Å². The van der Waals surface area contributed by atoms with Crippen molar-refractivity contribution in [3.63, 3.8) is 0 Å². The van der Waals surface area contributed by atoms with Crippen LogP contribution in [0.4, 0.5) is 0 Å². The van der Waals surface area contributed by atoms with Gasteiger partial charge in [0.25, 0.3) is 0 Å². The van der Waals surface area contributed by atoms with Gasteiger partial charge in [0.2, 0.25) is 0 Å². The Balaban J connectivity index is 1.46. The fourth-order valence-corrected chi connectivity index (χ4v) is 9.83. The molecule has 0 radical (unpaired) electrons. The van der Waals surface area contributed by atoms with Crippen LogP contribution in [-0.2, 0) is 10.8 Å². The summed E-state index contributed by atoms with van der Waals surface area (Å²) in [5, 5.41) is 0. The maximum atomic E-state index is 7.11. The van der Waals surface area contributed by atoms with E-state index in [1.807, 2.05) is 0 Å². The van der Waals surface area contributed by atoms with Crippen LogP contribution in [0.3, 0.4) is 0 Å². The molecule has 6 rings (SSSR count). The minimum absolute atomic E-state index is 0.0229. The van der Waals surface area contributed by atoms with E-state index >= 15 is 0 Å². The zero-order valence-corrected chi connectivity index (χ0v) is 38.2. The number of hydrogen-bond acceptors (Lipinski definition) is 1. The lowest BCUT2D eigenvalue weighted by Gasteiger charge is -2.34. The maximum Gasteiger partial charge on any atom is 0.0467 e. The minimum atomic E-state index is -0.0229. The maximum absolute atomic E-state index is 7.11. The SMILES string of the molecule is CCCCCCCCC1(CCCCCCCC)c2cc(C3=CC=C(C(C)(C)C)/C(=C/C(=C(\N)c4ccccc4)c4ccccc4)C3)ccc2-c2ccc(C(C)(C)C)cc21. The molecule has 0 aliphatic heterocycles. The number of unbranched alkanes of at least 4 members (excludes halogenated alkanes) is 10. The van der Waals surface area contributed by atoms with Crippen molar-refractivity contribution in [2.75, 3.05) is 0 Å². The summed E-state index contributed by atoms with van der Waals surface area (Å²) in [7, 11) is 0. The van der Waals surface area contributed by atoms with E-state index in [4.69, 9.17) is 5.73 Å². The fraction of sp³-hybridized carbons (Fsp3) is 0.448. The highest BCUT2D eigenvalue weighted by molar-refractivity contribution is 5.95. The zero-order chi connectivity index (χ0) is 42.0. The number of rotatable bonds is 18. The zero-order valence-electron chi connectivity index (χ0n) is 38.2. The van der Waals surface area contributed by atoms with Crippen LogP contribution in [0, 0.1) is 5.41 Å². The largest absolute Gasteiger partial charge is 0.398 e. The molecular weight excluding hydrogens is 711 g/mol. The third-order valence-corrected chi connectivity index (χ3v) is 13.3. The molecule has 0 heterocycles. The number of nitrogens with two attached hydrogens (primary N) is 1. The van der Waals surface area contributed by atoms with Gasteiger partial charge in [-0.3, -0.25) is 0 Å². The lowest BCUT2D eigenvalue weighted by atomic mass is 9.69. The highest BCUT2D eigenvalue weighted by atomic mass is 14.6. The van der Waals surface area contributed by atoms with Crippen molar-refractivity contribution in [2.45, 2.75) is 163 Å². The van der Waals surface area contributed by atoms with E-state index < -0.39 is 0 Å². The summed E-state index contributed by atoms with van der Waals surface area (Å²) in [6.07, 6.45) is 26.5. The van der Waals surface area contributed by atoms with E-state index in [-0.39, 0.29) is 16.2 Å². The van der Waals surface area contributed by atoms with Crippen molar-refractivity contribution in [3.8, 4) is 11.1 Å². The molecule has 4 aromatic carbocycles. The van der Waals surface area contributed by atoms with Crippen molar-refractivity contribution in [2.24, 2.45) is 11.1 Å². The Bertz CT molecular complexity index is 2110. The lowest BCUT2D eigenvalue weighted by Crippen LogP contribution is -2.26. The second-order valence-corrected chi connectivity index (χ2v) is 19.8. The van der Waals surface area contributed by atoms with Crippen LogP contribution >= 0.6 is 0 Å². The predicted molar refractivity (Wildman–Crippen MR) is 259 cm³/mol. The van der Waals surface area contributed by atoms with Crippen molar-refractivity contribution in [1.82, 2.24) is 0 Å². The van der Waals surface area contributed by atoms with Gasteiger partial charge in [-0.05, 0) is 103 Å². The first-order valence-corrected chi connectivity index (χ1v) is 23.4. The summed E-state index contributed by atoms with van der Waals surface area (Å²) in [6.45, 7) is 18.8. The Morgan fingerprint density at radius 1 is 0.576 bits per heavy atom. The molecule has 0 spiro atoms. The standard InChI is InChI=1S/C58H75N/c1-9-11-13-15-17-25-37-58(38-26-18-16-14-12-10-2)53-41-46(31-34-49(53)50-35-33-48(42-54(50)58)56(3,4)5)45-32-36-52(57(6,7)8)47(39-45)40-51(43-27-21-19-22-28-43)55(59)44-29-23-20-24-30-44/h19-24,27-36,40-42H,9-18,25-26,37-39,59H2,1-8H3/b47-40+,55-51+. The molecule has 312 valence electrons. The van der Waals surface area contributed by atoms with Gasteiger partial charge in [-0.15, -0.1) is 0 Å². The molecule has 0 bridgehead atoms. The predicted octanol–water partition coefficient (Wildman–Crippen LogP) is 17.0. The second-order valence-electron chi connectivity index (χ2n) is 19.8. The van der Waals surface area contributed by atoms with Gasteiger partial charge in [-0.2, -0.15) is 0 Å². The molecule has 0 unspecified atom stereocenters. The van der Waals surface area contributed by atoms with Gasteiger partial charge in [0, 0.05) is 16.7 Å². The molecule has 4 aromatic rings. The van der Waals surface area contributed by atoms with Crippen molar-refractivity contribution >= 4 is 16.8 Å². The van der Waals surface area contributed by atoms with E-state index in [1.54, 1.807) is 11.1 Å². The topological polar surface area (TPSA) is 26.0 Å². The molecule has 1 heteroatoms. The summed E-state index contributed by atoms with van der Waals surface area (Å²) in [4.78, 5) is 0. The molecule has 0 saturated heterocycles. The Morgan fingerprint density at radius 2 is 1.10 bits per heavy atom. The molecule has 0 amide bonds. The van der Waals surface area contributed by atoms with Crippen LogP contribution in [0.15, 0.2) is 126 Å². The van der Waals surface area contributed by atoms with Gasteiger partial charge in [-0.1, -0.05) is 236 Å². The minimum Gasteiger partial charge on any atom is -0.398 e. The summed E-state index contributed by atoms with van der Waals surface area (Å²) >= 11 is 0. The highest BCUT2D eigenvalue weighted by Crippen LogP contribution is 2.56. The Morgan fingerprint density at radius 3 is 1.66 bits per heavy atom. The number of benzene rings is 4. The van der Waals surface area contributed by atoms with Gasteiger partial charge < -0.3 is 5.73 Å². The first-order valence-electron chi connectivity index (χ1n) is 23.4. The van der Waals surface area contributed by atoms with Crippen LogP contribution in [-0.4, -0.2) is 0 Å². The quantitative estimate of drug-likeness (QED) is 0.0789. The molecule has 59 heavy (non-hydrogen) atoms. The van der Waals surface area contributed by atoms with Crippen LogP contribution in [0.1, 0.15) is 185 Å². The van der Waals surface area contributed by atoms with Gasteiger partial charge in [0.05, 0.1) is 0 Å². The smallest absolute Gasteiger partial charge is 0.0467 e. The molecule has 0 fully saturated rings. The van der Waals surface area contributed by atoms with E-state index in [9.17, 15) is 0 Å². The third kappa shape index (κ3) is 10.5. The average molecular weight is 786 g/mol. The van der Waals surface area contributed by atoms with E-state index in [1.165, 1.54) is 129 Å².